The van der Waals surface area contributed by atoms with Crippen LogP contribution < -0.4 is 10.6 Å². The van der Waals surface area contributed by atoms with E-state index < -0.39 is 18.0 Å². The van der Waals surface area contributed by atoms with Crippen LogP contribution in [0.15, 0.2) is 41.4 Å². The van der Waals surface area contributed by atoms with Crippen LogP contribution in [0.4, 0.5) is 0 Å². The summed E-state index contributed by atoms with van der Waals surface area (Å²) < 4.78 is 0. The summed E-state index contributed by atoms with van der Waals surface area (Å²) in [6, 6.07) is 8.18. The van der Waals surface area contributed by atoms with E-state index >= 15 is 0 Å². The van der Waals surface area contributed by atoms with Gasteiger partial charge in [0.15, 0.2) is 6.19 Å². The maximum Gasteiger partial charge on any atom is 0.349 e. The first-order valence-electron chi connectivity index (χ1n) is 12.5. The molecule has 1 saturated heterocycles. The van der Waals surface area contributed by atoms with Crippen LogP contribution in [0, 0.1) is 11.5 Å². The number of hydrogen-bond acceptors (Lipinski definition) is 6. The van der Waals surface area contributed by atoms with Crippen LogP contribution in [0.5, 0.6) is 5.75 Å². The molecule has 0 radical (unpaired) electrons. The minimum Gasteiger partial charge on any atom is -0.507 e. The SMILES string of the molecule is N#CNC(=NC(NC(=O)c1c(Cl)cc2c(c1Cl)CCN(C(=O)/C=C/c1ccccc1O)C2)C(=O)O)N1CCCC1. The van der Waals surface area contributed by atoms with Gasteiger partial charge >= 0.3 is 5.97 Å². The molecule has 4 N–H and O–H groups in total. The fraction of sp³-hybridized carbons (Fsp3) is 0.296. The Morgan fingerprint density at radius 2 is 1.85 bits per heavy atom. The molecule has 208 valence electrons. The Bertz CT molecular complexity index is 1430. The maximum atomic E-state index is 13.2. The number of guanidine groups is 1. The minimum atomic E-state index is -1.70. The zero-order valence-corrected chi connectivity index (χ0v) is 22.7. The summed E-state index contributed by atoms with van der Waals surface area (Å²) in [5.41, 5.74) is 1.70. The molecule has 2 amide bonds. The molecule has 2 aliphatic heterocycles. The average Bonchev–Trinajstić information content (AvgIpc) is 3.46. The van der Waals surface area contributed by atoms with E-state index in [1.54, 1.807) is 34.2 Å². The lowest BCUT2D eigenvalue weighted by Crippen LogP contribution is -2.45. The molecule has 2 aromatic carbocycles. The number of nitrogens with zero attached hydrogens (tertiary/aromatic N) is 4. The fourth-order valence-corrected chi connectivity index (χ4v) is 5.35. The second kappa shape index (κ2) is 12.7. The number of likely N-dealkylation sites (tertiary alicyclic amines) is 1. The van der Waals surface area contributed by atoms with E-state index in [4.69, 9.17) is 28.5 Å². The van der Waals surface area contributed by atoms with Gasteiger partial charge in [-0.15, -0.1) is 0 Å². The largest absolute Gasteiger partial charge is 0.507 e. The number of hydrogen-bond donors (Lipinski definition) is 4. The highest BCUT2D eigenvalue weighted by atomic mass is 35.5. The Kier molecular flexibility index (Phi) is 9.14. The smallest absolute Gasteiger partial charge is 0.349 e. The topological polar surface area (TPSA) is 158 Å². The highest BCUT2D eigenvalue weighted by Crippen LogP contribution is 2.35. The van der Waals surface area contributed by atoms with Crippen molar-refractivity contribution in [3.8, 4) is 11.9 Å². The van der Waals surface area contributed by atoms with Crippen molar-refractivity contribution in [1.82, 2.24) is 20.4 Å². The number of phenolic OH excluding ortho intramolecular Hbond substituents is 1. The number of aliphatic carboxylic acids is 1. The number of carboxylic acids is 1. The monoisotopic (exact) mass is 584 g/mol. The first-order chi connectivity index (χ1) is 19.2. The summed E-state index contributed by atoms with van der Waals surface area (Å²) in [5, 5.41) is 33.4. The molecule has 1 atom stereocenters. The summed E-state index contributed by atoms with van der Waals surface area (Å²) in [6.45, 7) is 1.71. The maximum absolute atomic E-state index is 13.2. The molecule has 1 unspecified atom stereocenters. The Morgan fingerprint density at radius 3 is 2.52 bits per heavy atom. The van der Waals surface area contributed by atoms with E-state index in [-0.39, 0.29) is 39.8 Å². The molecule has 1 fully saturated rings. The molecular weight excluding hydrogens is 559 g/mol. The van der Waals surface area contributed by atoms with Crippen LogP contribution in [-0.4, -0.2) is 69.6 Å². The van der Waals surface area contributed by atoms with Crippen molar-refractivity contribution in [2.75, 3.05) is 19.6 Å². The van der Waals surface area contributed by atoms with Gasteiger partial charge in [-0.2, -0.15) is 5.26 Å². The lowest BCUT2D eigenvalue weighted by atomic mass is 9.96. The molecule has 0 aliphatic carbocycles. The van der Waals surface area contributed by atoms with Crippen LogP contribution in [0.2, 0.25) is 10.0 Å². The van der Waals surface area contributed by atoms with E-state index in [9.17, 15) is 24.6 Å². The van der Waals surface area contributed by atoms with Crippen LogP contribution in [0.3, 0.4) is 0 Å². The number of carbonyl (C=O) groups is 3. The Hall–Kier alpha value is -4.27. The summed E-state index contributed by atoms with van der Waals surface area (Å²) >= 11 is 13.0. The van der Waals surface area contributed by atoms with Crippen LogP contribution in [-0.2, 0) is 22.6 Å². The third-order valence-electron chi connectivity index (χ3n) is 6.61. The molecule has 40 heavy (non-hydrogen) atoms. The van der Waals surface area contributed by atoms with Crippen LogP contribution >= 0.6 is 23.2 Å². The molecule has 11 nitrogen and oxygen atoms in total. The molecule has 0 bridgehead atoms. The van der Waals surface area contributed by atoms with E-state index in [1.165, 1.54) is 24.3 Å². The summed E-state index contributed by atoms with van der Waals surface area (Å²) in [4.78, 5) is 45.2. The average molecular weight is 585 g/mol. The number of carbonyl (C=O) groups excluding carboxylic acids is 2. The van der Waals surface area contributed by atoms with Crippen molar-refractivity contribution in [3.05, 3.63) is 68.7 Å². The van der Waals surface area contributed by atoms with E-state index in [2.05, 4.69) is 15.6 Å². The Balaban J connectivity index is 1.52. The predicted molar refractivity (Wildman–Crippen MR) is 149 cm³/mol. The molecule has 2 aromatic rings. The number of rotatable bonds is 6. The molecule has 0 saturated carbocycles. The number of phenols is 1. The van der Waals surface area contributed by atoms with Crippen LogP contribution in [0.25, 0.3) is 6.08 Å². The van der Waals surface area contributed by atoms with Crippen molar-refractivity contribution in [2.45, 2.75) is 32.0 Å². The van der Waals surface area contributed by atoms with Gasteiger partial charge < -0.3 is 25.3 Å². The second-order valence-electron chi connectivity index (χ2n) is 9.18. The molecule has 4 rings (SSSR count). The first-order valence-corrected chi connectivity index (χ1v) is 13.2. The van der Waals surface area contributed by atoms with Gasteiger partial charge in [0, 0.05) is 37.8 Å². The zero-order chi connectivity index (χ0) is 28.8. The van der Waals surface area contributed by atoms with E-state index in [0.717, 1.165) is 12.8 Å². The number of benzene rings is 2. The van der Waals surface area contributed by atoms with Gasteiger partial charge in [0.05, 0.1) is 15.6 Å². The second-order valence-corrected chi connectivity index (χ2v) is 9.97. The fourth-order valence-electron chi connectivity index (χ4n) is 4.58. The number of aromatic hydroxyl groups is 1. The molecule has 0 aromatic heterocycles. The van der Waals surface area contributed by atoms with Crippen LogP contribution in [0.1, 0.15) is 39.9 Å². The summed E-state index contributed by atoms with van der Waals surface area (Å²) in [5.74, 6) is -2.43. The highest BCUT2D eigenvalue weighted by Gasteiger charge is 2.29. The standard InChI is InChI=1S/C27H26Cl2N6O5/c28-19-13-17-14-35(21(37)8-7-16-5-1-2-6-20(16)36)12-9-18(17)23(29)22(19)25(38)32-24(26(39)40)33-27(31-15-30)34-10-3-4-11-34/h1-2,5-8,13,24,36H,3-4,9-12,14H2,(H,31,33)(H,32,38)(H,39,40)/b8-7+. The third-order valence-corrected chi connectivity index (χ3v) is 7.33. The molecule has 2 heterocycles. The molecular formula is C27H26Cl2N6O5. The van der Waals surface area contributed by atoms with Gasteiger partial charge in [0.1, 0.15) is 5.75 Å². The van der Waals surface area contributed by atoms with Gasteiger partial charge in [0.2, 0.25) is 18.0 Å². The van der Waals surface area contributed by atoms with E-state index in [0.29, 0.717) is 42.7 Å². The lowest BCUT2D eigenvalue weighted by molar-refractivity contribution is -0.139. The summed E-state index contributed by atoms with van der Waals surface area (Å²) in [6.07, 6.45) is 5.02. The van der Waals surface area contributed by atoms with Gasteiger partial charge in [-0.25, -0.2) is 9.79 Å². The number of halogens is 2. The minimum absolute atomic E-state index is 0.0108. The lowest BCUT2D eigenvalue weighted by Gasteiger charge is -2.29. The number of nitriles is 1. The summed E-state index contributed by atoms with van der Waals surface area (Å²) in [7, 11) is 0. The zero-order valence-electron chi connectivity index (χ0n) is 21.2. The normalized spacial score (nSPS) is 15.9. The van der Waals surface area contributed by atoms with Crippen molar-refractivity contribution in [2.24, 2.45) is 4.99 Å². The number of para-hydroxylation sites is 1. The van der Waals surface area contributed by atoms with Gasteiger partial charge in [-0.05, 0) is 48.6 Å². The molecule has 2 aliphatic rings. The van der Waals surface area contributed by atoms with Gasteiger partial charge in [-0.1, -0.05) is 41.4 Å². The number of aliphatic imine (C=N–C) groups is 1. The number of fused-ring (bicyclic) bond motifs is 1. The van der Waals surface area contributed by atoms with Crippen molar-refractivity contribution in [1.29, 1.82) is 5.26 Å². The molecule has 13 heteroatoms. The molecule has 0 spiro atoms. The van der Waals surface area contributed by atoms with Crippen molar-refractivity contribution >= 4 is 53.0 Å². The predicted octanol–water partition coefficient (Wildman–Crippen LogP) is 2.96. The number of nitrogens with one attached hydrogen (secondary N) is 2. The first kappa shape index (κ1) is 28.7. The third kappa shape index (κ3) is 6.47. The quantitative estimate of drug-likeness (QED) is 0.133. The van der Waals surface area contributed by atoms with Crippen molar-refractivity contribution in [3.63, 3.8) is 0 Å². The highest BCUT2D eigenvalue weighted by molar-refractivity contribution is 6.40. The number of amides is 2. The van der Waals surface area contributed by atoms with Gasteiger partial charge in [0.25, 0.3) is 5.91 Å². The number of carboxylic acid groups (broad SMARTS) is 1. The Labute approximate surface area is 240 Å². The van der Waals surface area contributed by atoms with E-state index in [1.807, 2.05) is 0 Å². The van der Waals surface area contributed by atoms with Crippen molar-refractivity contribution < 1.29 is 24.6 Å². The Morgan fingerprint density at radius 1 is 1.12 bits per heavy atom. The van der Waals surface area contributed by atoms with Gasteiger partial charge in [-0.3, -0.25) is 14.9 Å².